The predicted octanol–water partition coefficient (Wildman–Crippen LogP) is 2.82. The van der Waals surface area contributed by atoms with Crippen molar-refractivity contribution in [2.45, 2.75) is 19.3 Å². The van der Waals surface area contributed by atoms with E-state index < -0.39 is 16.2 Å². The van der Waals surface area contributed by atoms with Crippen LogP contribution in [0.15, 0.2) is 53.5 Å². The second-order valence-corrected chi connectivity index (χ2v) is 6.56. The minimum Gasteiger partial charge on any atom is -0.364 e. The number of benzene rings is 1. The topological polar surface area (TPSA) is 89.5 Å². The SMILES string of the molecule is O=c1c([N+](=O)[O-])c(NCCC2Cc3ccccc3C2)nc2ccccn12. The molecule has 1 N–H and O–H groups in total. The van der Waals surface area contributed by atoms with Crippen LogP contribution in [-0.4, -0.2) is 20.9 Å². The van der Waals surface area contributed by atoms with Gasteiger partial charge >= 0.3 is 11.2 Å². The van der Waals surface area contributed by atoms with Crippen molar-refractivity contribution in [1.29, 1.82) is 0 Å². The highest BCUT2D eigenvalue weighted by Gasteiger charge is 2.24. The molecule has 0 saturated heterocycles. The van der Waals surface area contributed by atoms with Crippen LogP contribution in [0, 0.1) is 16.0 Å². The van der Waals surface area contributed by atoms with Crippen LogP contribution in [0.3, 0.4) is 0 Å². The van der Waals surface area contributed by atoms with Gasteiger partial charge in [0, 0.05) is 12.7 Å². The smallest absolute Gasteiger partial charge is 0.364 e. The average molecular weight is 350 g/mol. The van der Waals surface area contributed by atoms with Crippen LogP contribution in [0.2, 0.25) is 0 Å². The van der Waals surface area contributed by atoms with Gasteiger partial charge in [-0.05, 0) is 48.4 Å². The lowest BCUT2D eigenvalue weighted by molar-refractivity contribution is -0.385. The third-order valence-electron chi connectivity index (χ3n) is 4.87. The summed E-state index contributed by atoms with van der Waals surface area (Å²) in [5.74, 6) is 0.544. The average Bonchev–Trinajstić information content (AvgIpc) is 3.04. The molecule has 0 amide bonds. The van der Waals surface area contributed by atoms with E-state index in [1.54, 1.807) is 18.2 Å². The number of nitro groups is 1. The fourth-order valence-electron chi connectivity index (χ4n) is 3.62. The number of hydrogen-bond acceptors (Lipinski definition) is 5. The monoisotopic (exact) mass is 350 g/mol. The molecule has 3 aromatic rings. The summed E-state index contributed by atoms with van der Waals surface area (Å²) in [6.07, 6.45) is 4.39. The molecule has 0 bridgehead atoms. The first-order valence-corrected chi connectivity index (χ1v) is 8.60. The Bertz CT molecular complexity index is 1020. The first kappa shape index (κ1) is 16.3. The maximum atomic E-state index is 12.4. The molecule has 1 aliphatic carbocycles. The largest absolute Gasteiger partial charge is 0.376 e. The van der Waals surface area contributed by atoms with Crippen molar-refractivity contribution in [2.24, 2.45) is 5.92 Å². The number of pyridine rings is 1. The predicted molar refractivity (Wildman–Crippen MR) is 98.6 cm³/mol. The fraction of sp³-hybridized carbons (Fsp3) is 0.263. The lowest BCUT2D eigenvalue weighted by Gasteiger charge is -2.11. The Kier molecular flexibility index (Phi) is 4.12. The first-order chi connectivity index (χ1) is 12.6. The van der Waals surface area contributed by atoms with Crippen molar-refractivity contribution in [1.82, 2.24) is 9.38 Å². The van der Waals surface area contributed by atoms with E-state index in [0.29, 0.717) is 18.1 Å². The summed E-state index contributed by atoms with van der Waals surface area (Å²) in [7, 11) is 0. The minimum atomic E-state index is -0.670. The molecule has 0 radical (unpaired) electrons. The standard InChI is InChI=1S/C19H18N4O3/c24-19-17(23(25)26)18(21-16-7-3-4-10-22(16)19)20-9-8-13-11-14-5-1-2-6-15(14)12-13/h1-7,10,13,20H,8-9,11-12H2. The highest BCUT2D eigenvalue weighted by Crippen LogP contribution is 2.28. The summed E-state index contributed by atoms with van der Waals surface area (Å²) >= 11 is 0. The Morgan fingerprint density at radius 3 is 2.54 bits per heavy atom. The molecule has 7 heteroatoms. The third kappa shape index (κ3) is 2.92. The van der Waals surface area contributed by atoms with Crippen LogP contribution in [0.1, 0.15) is 17.5 Å². The number of aromatic nitrogens is 2. The molecule has 4 rings (SSSR count). The molecular formula is C19H18N4O3. The normalized spacial score (nSPS) is 13.7. The summed E-state index contributed by atoms with van der Waals surface area (Å²) in [4.78, 5) is 27.4. The van der Waals surface area contributed by atoms with Crippen LogP contribution < -0.4 is 10.9 Å². The van der Waals surface area contributed by atoms with Gasteiger partial charge in [-0.1, -0.05) is 30.3 Å². The Labute approximate surface area is 149 Å². The molecule has 0 aliphatic heterocycles. The number of nitrogens with zero attached hydrogens (tertiary/aromatic N) is 3. The molecule has 2 heterocycles. The van der Waals surface area contributed by atoms with Crippen LogP contribution in [0.25, 0.3) is 5.65 Å². The molecule has 2 aromatic heterocycles. The Hall–Kier alpha value is -3.22. The number of hydrogen-bond donors (Lipinski definition) is 1. The number of anilines is 1. The van der Waals surface area contributed by atoms with E-state index in [2.05, 4.69) is 34.6 Å². The second kappa shape index (κ2) is 6.59. The number of rotatable bonds is 5. The van der Waals surface area contributed by atoms with Gasteiger partial charge in [0.25, 0.3) is 0 Å². The Balaban J connectivity index is 1.52. The molecule has 132 valence electrons. The minimum absolute atomic E-state index is 0.0433. The van der Waals surface area contributed by atoms with Gasteiger partial charge in [-0.25, -0.2) is 4.98 Å². The van der Waals surface area contributed by atoms with E-state index in [9.17, 15) is 14.9 Å². The van der Waals surface area contributed by atoms with Crippen molar-refractivity contribution < 1.29 is 4.92 Å². The van der Waals surface area contributed by atoms with Gasteiger partial charge in [0.1, 0.15) is 5.65 Å². The fourth-order valence-corrected chi connectivity index (χ4v) is 3.62. The molecule has 0 spiro atoms. The maximum Gasteiger partial charge on any atom is 0.376 e. The Morgan fingerprint density at radius 2 is 1.85 bits per heavy atom. The van der Waals surface area contributed by atoms with Gasteiger partial charge in [0.15, 0.2) is 0 Å². The van der Waals surface area contributed by atoms with E-state index in [0.717, 1.165) is 19.3 Å². The molecule has 7 nitrogen and oxygen atoms in total. The van der Waals surface area contributed by atoms with E-state index >= 15 is 0 Å². The van der Waals surface area contributed by atoms with Gasteiger partial charge in [0.2, 0.25) is 5.82 Å². The lowest BCUT2D eigenvalue weighted by atomic mass is 10.0. The summed E-state index contributed by atoms with van der Waals surface area (Å²) < 4.78 is 1.19. The van der Waals surface area contributed by atoms with Crippen LogP contribution in [0.5, 0.6) is 0 Å². The van der Waals surface area contributed by atoms with Gasteiger partial charge in [-0.2, -0.15) is 0 Å². The van der Waals surface area contributed by atoms with Gasteiger partial charge < -0.3 is 5.32 Å². The summed E-state index contributed by atoms with van der Waals surface area (Å²) in [6.45, 7) is 0.537. The van der Waals surface area contributed by atoms with E-state index in [1.807, 2.05) is 0 Å². The molecule has 0 atom stereocenters. The van der Waals surface area contributed by atoms with Crippen LogP contribution in [0.4, 0.5) is 11.5 Å². The molecule has 1 aromatic carbocycles. The molecule has 0 unspecified atom stereocenters. The zero-order valence-corrected chi connectivity index (χ0v) is 14.1. The van der Waals surface area contributed by atoms with Crippen LogP contribution in [-0.2, 0) is 12.8 Å². The first-order valence-electron chi connectivity index (χ1n) is 8.60. The van der Waals surface area contributed by atoms with E-state index in [1.165, 1.54) is 21.7 Å². The molecule has 1 aliphatic rings. The third-order valence-corrected chi connectivity index (χ3v) is 4.87. The molecular weight excluding hydrogens is 332 g/mol. The van der Waals surface area contributed by atoms with Crippen molar-refractivity contribution in [3.63, 3.8) is 0 Å². The second-order valence-electron chi connectivity index (χ2n) is 6.56. The summed E-state index contributed by atoms with van der Waals surface area (Å²) in [6, 6.07) is 13.4. The van der Waals surface area contributed by atoms with Crippen LogP contribution >= 0.6 is 0 Å². The summed E-state index contributed by atoms with van der Waals surface area (Å²) in [5.41, 5.74) is 1.97. The Morgan fingerprint density at radius 1 is 1.15 bits per heavy atom. The van der Waals surface area contributed by atoms with Gasteiger partial charge in [-0.15, -0.1) is 0 Å². The lowest BCUT2D eigenvalue weighted by Crippen LogP contribution is -2.22. The zero-order chi connectivity index (χ0) is 18.1. The van der Waals surface area contributed by atoms with Gasteiger partial charge in [0.05, 0.1) is 4.92 Å². The van der Waals surface area contributed by atoms with Gasteiger partial charge in [-0.3, -0.25) is 19.3 Å². The van der Waals surface area contributed by atoms with E-state index in [4.69, 9.17) is 0 Å². The number of nitrogens with one attached hydrogen (secondary N) is 1. The quantitative estimate of drug-likeness (QED) is 0.564. The molecule has 0 saturated carbocycles. The van der Waals surface area contributed by atoms with E-state index in [-0.39, 0.29) is 5.82 Å². The number of fused-ring (bicyclic) bond motifs is 2. The van der Waals surface area contributed by atoms with Crippen molar-refractivity contribution >= 4 is 17.2 Å². The highest BCUT2D eigenvalue weighted by atomic mass is 16.6. The zero-order valence-electron chi connectivity index (χ0n) is 14.1. The van der Waals surface area contributed by atoms with Crippen molar-refractivity contribution in [3.05, 3.63) is 80.3 Å². The highest BCUT2D eigenvalue weighted by molar-refractivity contribution is 5.59. The maximum absolute atomic E-state index is 12.4. The molecule has 26 heavy (non-hydrogen) atoms. The van der Waals surface area contributed by atoms with Crippen molar-refractivity contribution in [2.75, 3.05) is 11.9 Å². The van der Waals surface area contributed by atoms with Crippen molar-refractivity contribution in [3.8, 4) is 0 Å². The summed E-state index contributed by atoms with van der Waals surface area (Å²) in [5, 5.41) is 14.4. The molecule has 0 fully saturated rings.